The summed E-state index contributed by atoms with van der Waals surface area (Å²) in [7, 11) is 0. The van der Waals surface area contributed by atoms with E-state index in [0.717, 1.165) is 60.8 Å². The van der Waals surface area contributed by atoms with Gasteiger partial charge in [0.15, 0.2) is 0 Å². The highest BCUT2D eigenvalue weighted by atomic mass is 16.7. The molecule has 0 aliphatic carbocycles. The van der Waals surface area contributed by atoms with Gasteiger partial charge in [0, 0.05) is 5.56 Å². The van der Waals surface area contributed by atoms with Gasteiger partial charge in [0.1, 0.15) is 5.70 Å². The van der Waals surface area contributed by atoms with Gasteiger partial charge in [-0.05, 0) is 101 Å². The lowest BCUT2D eigenvalue weighted by molar-refractivity contribution is 0.0503. The maximum atomic E-state index is 11.7. The van der Waals surface area contributed by atoms with Crippen molar-refractivity contribution in [3.8, 4) is 0 Å². The van der Waals surface area contributed by atoms with E-state index in [-0.39, 0.29) is 11.3 Å². The highest BCUT2D eigenvalue weighted by molar-refractivity contribution is 5.89. The highest BCUT2D eigenvalue weighted by Gasteiger charge is 2.10. The molecule has 0 radical (unpaired) electrons. The lowest BCUT2D eigenvalue weighted by Gasteiger charge is -2.13. The number of nitrogens with two attached hydrogens (primary N) is 1. The summed E-state index contributed by atoms with van der Waals surface area (Å²) in [6, 6.07) is 28.7. The van der Waals surface area contributed by atoms with Crippen LogP contribution in [0.1, 0.15) is 59.7 Å². The number of nitroso groups, excluding NO2 is 1. The maximum Gasteiger partial charge on any atom is 0.356 e. The maximum absolute atomic E-state index is 11.7. The third-order valence-corrected chi connectivity index (χ3v) is 7.23. The number of carbonyl (C=O) groups excluding carboxylic acids is 1. The molecule has 0 saturated carbocycles. The summed E-state index contributed by atoms with van der Waals surface area (Å²) in [4.78, 5) is 37.9. The first-order valence-corrected chi connectivity index (χ1v) is 13.4. The van der Waals surface area contributed by atoms with Gasteiger partial charge in [-0.15, -0.1) is 4.91 Å². The Hall–Kier alpha value is -4.88. The lowest BCUT2D eigenvalue weighted by Crippen LogP contribution is -2.10. The molecule has 7 nitrogen and oxygen atoms in total. The van der Waals surface area contributed by atoms with E-state index < -0.39 is 11.9 Å². The summed E-state index contributed by atoms with van der Waals surface area (Å²) < 4.78 is 0. The number of aromatic carboxylic acids is 1. The van der Waals surface area contributed by atoms with Crippen molar-refractivity contribution >= 4 is 17.6 Å². The Balaban J connectivity index is 1.48. The van der Waals surface area contributed by atoms with Gasteiger partial charge < -0.3 is 9.94 Å². The van der Waals surface area contributed by atoms with Gasteiger partial charge in [0.25, 0.3) is 0 Å². The second-order valence-corrected chi connectivity index (χ2v) is 9.94. The quantitative estimate of drug-likeness (QED) is 0.145. The van der Waals surface area contributed by atoms with Crippen LogP contribution >= 0.6 is 0 Å². The van der Waals surface area contributed by atoms with Crippen molar-refractivity contribution in [2.24, 2.45) is 11.1 Å². The van der Waals surface area contributed by atoms with Crippen LogP contribution in [0.15, 0.2) is 103 Å². The third-order valence-electron chi connectivity index (χ3n) is 7.23. The molecule has 0 amide bonds. The van der Waals surface area contributed by atoms with Crippen LogP contribution in [0.2, 0.25) is 0 Å². The second kappa shape index (κ2) is 14.0. The van der Waals surface area contributed by atoms with Crippen LogP contribution in [0, 0.1) is 4.91 Å². The Morgan fingerprint density at radius 1 is 0.634 bits per heavy atom. The largest absolute Gasteiger partial charge is 0.478 e. The summed E-state index contributed by atoms with van der Waals surface area (Å²) in [6.07, 6.45) is 5.00. The molecule has 3 N–H and O–H groups in total. The molecule has 0 aliphatic rings. The fourth-order valence-corrected chi connectivity index (χ4v) is 4.76. The zero-order chi connectivity index (χ0) is 29.2. The smallest absolute Gasteiger partial charge is 0.356 e. The fraction of sp³-hybridized carbons (Fsp3) is 0.176. The van der Waals surface area contributed by atoms with Gasteiger partial charge in [0.05, 0.1) is 11.1 Å². The Bertz CT molecular complexity index is 1530. The molecule has 4 aromatic rings. The number of carbonyl (C=O) groups is 2. The Morgan fingerprint density at radius 3 is 1.59 bits per heavy atom. The number of hydrogen-bond acceptors (Lipinski definition) is 6. The zero-order valence-corrected chi connectivity index (χ0v) is 22.7. The van der Waals surface area contributed by atoms with Crippen LogP contribution in [0.5, 0.6) is 0 Å². The van der Waals surface area contributed by atoms with Crippen molar-refractivity contribution < 1.29 is 19.5 Å². The molecule has 0 atom stereocenters. The normalized spacial score (nSPS) is 10.7. The van der Waals surface area contributed by atoms with Crippen molar-refractivity contribution in [2.75, 3.05) is 0 Å². The molecule has 0 aromatic heterocycles. The predicted molar refractivity (Wildman–Crippen MR) is 159 cm³/mol. The highest BCUT2D eigenvalue weighted by Crippen LogP contribution is 2.21. The van der Waals surface area contributed by atoms with E-state index in [0.29, 0.717) is 5.56 Å². The molecular formula is C34H32N2O5. The van der Waals surface area contributed by atoms with Crippen molar-refractivity contribution in [1.29, 1.82) is 0 Å². The molecule has 0 bridgehead atoms. The molecule has 0 saturated heterocycles. The van der Waals surface area contributed by atoms with Crippen molar-refractivity contribution in [3.63, 3.8) is 0 Å². The molecule has 0 heterocycles. The number of carboxylic acid groups (broad SMARTS) is 1. The minimum Gasteiger partial charge on any atom is -0.478 e. The van der Waals surface area contributed by atoms with E-state index >= 15 is 0 Å². The Kier molecular flexibility index (Phi) is 9.91. The van der Waals surface area contributed by atoms with Crippen LogP contribution in [0.3, 0.4) is 0 Å². The van der Waals surface area contributed by atoms with Gasteiger partial charge in [-0.25, -0.2) is 9.59 Å². The van der Waals surface area contributed by atoms with Gasteiger partial charge in [-0.1, -0.05) is 73.3 Å². The summed E-state index contributed by atoms with van der Waals surface area (Å²) in [5.41, 5.74) is 8.75. The number of carboxylic acids is 1. The number of nitrogens with zero attached hydrogens (tertiary/aromatic N) is 1. The van der Waals surface area contributed by atoms with Crippen LogP contribution in [-0.4, -0.2) is 17.0 Å². The minimum atomic E-state index is -0.926. The standard InChI is InChI=1S/C34H32N2O5/c1-23(36-40)28-13-4-25(5-14-28)6-15-29-16-12-27(3-2-24-7-17-30(18-8-24)33(37)38)22-32(29)21-11-26-9-19-31(20-10-26)34(39)41-35/h4-5,7-10,12-14,16-20,22H,1-3,6,11,15,21,35H2,(H,37,38). The monoisotopic (exact) mass is 548 g/mol. The van der Waals surface area contributed by atoms with Crippen LogP contribution in [-0.2, 0) is 43.4 Å². The van der Waals surface area contributed by atoms with Crippen molar-refractivity contribution in [1.82, 2.24) is 0 Å². The van der Waals surface area contributed by atoms with Crippen molar-refractivity contribution in [2.45, 2.75) is 38.5 Å². The molecule has 0 unspecified atom stereocenters. The molecule has 0 fully saturated rings. The molecule has 7 heteroatoms. The molecule has 4 rings (SSSR count). The number of aryl methyl sites for hydroxylation is 6. The van der Waals surface area contributed by atoms with Gasteiger partial charge in [-0.2, -0.15) is 5.90 Å². The summed E-state index contributed by atoms with van der Waals surface area (Å²) in [5.74, 6) is 3.50. The molecule has 0 aliphatic heterocycles. The summed E-state index contributed by atoms with van der Waals surface area (Å²) >= 11 is 0. The van der Waals surface area contributed by atoms with E-state index in [2.05, 4.69) is 34.8 Å². The minimum absolute atomic E-state index is 0.222. The van der Waals surface area contributed by atoms with E-state index in [9.17, 15) is 14.5 Å². The third kappa shape index (κ3) is 8.06. The first-order valence-electron chi connectivity index (χ1n) is 13.4. The first kappa shape index (κ1) is 29.1. The Labute approximate surface area is 239 Å². The van der Waals surface area contributed by atoms with Gasteiger partial charge in [-0.3, -0.25) is 0 Å². The SMILES string of the molecule is C=C(N=O)c1ccc(CCc2ccc(CCc3ccc(C(=O)O)cc3)cc2CCc2ccc(C(=O)ON)cc2)cc1. The number of hydrogen-bond donors (Lipinski definition) is 2. The zero-order valence-electron chi connectivity index (χ0n) is 22.7. The summed E-state index contributed by atoms with van der Waals surface area (Å²) in [6.45, 7) is 3.66. The molecule has 4 aromatic carbocycles. The van der Waals surface area contributed by atoms with Gasteiger partial charge in [0.2, 0.25) is 0 Å². The van der Waals surface area contributed by atoms with Crippen LogP contribution in [0.25, 0.3) is 5.70 Å². The summed E-state index contributed by atoms with van der Waals surface area (Å²) in [5, 5.41) is 12.1. The van der Waals surface area contributed by atoms with Crippen molar-refractivity contribution in [3.05, 3.63) is 153 Å². The predicted octanol–water partition coefficient (Wildman–Crippen LogP) is 6.51. The molecule has 0 spiro atoms. The average Bonchev–Trinajstić information content (AvgIpc) is 3.02. The van der Waals surface area contributed by atoms with Crippen LogP contribution < -0.4 is 5.90 Å². The number of rotatable bonds is 13. The van der Waals surface area contributed by atoms with Crippen LogP contribution in [0.4, 0.5) is 0 Å². The lowest BCUT2D eigenvalue weighted by atomic mass is 9.92. The van der Waals surface area contributed by atoms with E-state index in [1.807, 2.05) is 48.5 Å². The van der Waals surface area contributed by atoms with E-state index in [1.54, 1.807) is 24.3 Å². The van der Waals surface area contributed by atoms with E-state index in [4.69, 9.17) is 11.0 Å². The van der Waals surface area contributed by atoms with Gasteiger partial charge >= 0.3 is 11.9 Å². The van der Waals surface area contributed by atoms with E-state index in [1.165, 1.54) is 16.7 Å². The average molecular weight is 549 g/mol. The fourth-order valence-electron chi connectivity index (χ4n) is 4.76. The second-order valence-electron chi connectivity index (χ2n) is 9.94. The molecule has 208 valence electrons. The topological polar surface area (TPSA) is 119 Å². The Morgan fingerprint density at radius 2 is 1.07 bits per heavy atom. The molecular weight excluding hydrogens is 516 g/mol. The first-order chi connectivity index (χ1) is 19.9. The molecule has 41 heavy (non-hydrogen) atoms. The number of benzene rings is 4.